The first-order valence-electron chi connectivity index (χ1n) is 9.47. The molecule has 0 radical (unpaired) electrons. The van der Waals surface area contributed by atoms with Gasteiger partial charge in [-0.15, -0.1) is 0 Å². The van der Waals surface area contributed by atoms with E-state index in [1.165, 1.54) is 17.1 Å². The molecule has 1 aliphatic heterocycles. The molecule has 1 aliphatic rings. The second kappa shape index (κ2) is 7.77. The molecule has 0 bridgehead atoms. The van der Waals surface area contributed by atoms with Crippen LogP contribution in [0.4, 0.5) is 5.69 Å². The fourth-order valence-corrected chi connectivity index (χ4v) is 3.43. The maximum absolute atomic E-state index is 12.8. The highest BCUT2D eigenvalue weighted by molar-refractivity contribution is 6.30. The van der Waals surface area contributed by atoms with Crippen LogP contribution in [0.25, 0.3) is 16.7 Å². The lowest BCUT2D eigenvalue weighted by atomic mass is 10.2. The molecule has 0 unspecified atom stereocenters. The molecule has 5 rings (SSSR count). The van der Waals surface area contributed by atoms with E-state index in [2.05, 4.69) is 15.4 Å². The molecular weight excluding hydrogens is 422 g/mol. The smallest absolute Gasteiger partial charge is 0.264 e. The number of amides is 1. The third-order valence-electron chi connectivity index (χ3n) is 4.77. The minimum absolute atomic E-state index is 0.192. The van der Waals surface area contributed by atoms with Crippen molar-refractivity contribution in [3.05, 3.63) is 70.4 Å². The fraction of sp³-hybridized carbons (Fsp3) is 0.143. The molecule has 3 heterocycles. The summed E-state index contributed by atoms with van der Waals surface area (Å²) < 4.78 is 13.8. The predicted octanol–water partition coefficient (Wildman–Crippen LogP) is 2.65. The normalized spacial score (nSPS) is 12.7. The Balaban J connectivity index is 1.37. The van der Waals surface area contributed by atoms with Crippen molar-refractivity contribution in [1.82, 2.24) is 19.3 Å². The number of halogens is 1. The predicted molar refractivity (Wildman–Crippen MR) is 114 cm³/mol. The van der Waals surface area contributed by atoms with Crippen molar-refractivity contribution in [2.45, 2.75) is 6.54 Å². The van der Waals surface area contributed by atoms with Crippen LogP contribution in [0.15, 0.2) is 59.8 Å². The van der Waals surface area contributed by atoms with Gasteiger partial charge in [-0.3, -0.25) is 14.2 Å². The van der Waals surface area contributed by atoms with Crippen LogP contribution in [0.3, 0.4) is 0 Å². The lowest BCUT2D eigenvalue weighted by molar-refractivity contribution is -0.116. The summed E-state index contributed by atoms with van der Waals surface area (Å²) in [7, 11) is 0. The first-order chi connectivity index (χ1) is 15.1. The molecule has 0 fully saturated rings. The third kappa shape index (κ3) is 3.71. The molecule has 4 aromatic rings. The zero-order valence-electron chi connectivity index (χ0n) is 16.1. The number of benzene rings is 2. The van der Waals surface area contributed by atoms with Crippen molar-refractivity contribution in [2.24, 2.45) is 0 Å². The van der Waals surface area contributed by atoms with Gasteiger partial charge in [0.15, 0.2) is 17.1 Å². The quantitative estimate of drug-likeness (QED) is 0.527. The maximum Gasteiger partial charge on any atom is 0.264 e. The van der Waals surface area contributed by atoms with E-state index in [1.807, 2.05) is 0 Å². The zero-order chi connectivity index (χ0) is 21.4. The van der Waals surface area contributed by atoms with E-state index in [4.69, 9.17) is 21.1 Å². The van der Waals surface area contributed by atoms with Crippen molar-refractivity contribution >= 4 is 34.2 Å². The van der Waals surface area contributed by atoms with Crippen molar-refractivity contribution in [3.63, 3.8) is 0 Å². The van der Waals surface area contributed by atoms with Gasteiger partial charge in [-0.05, 0) is 36.4 Å². The van der Waals surface area contributed by atoms with Gasteiger partial charge in [-0.2, -0.15) is 5.10 Å². The van der Waals surface area contributed by atoms with Gasteiger partial charge in [0, 0.05) is 16.8 Å². The highest BCUT2D eigenvalue weighted by Gasteiger charge is 2.15. The van der Waals surface area contributed by atoms with Gasteiger partial charge in [0.2, 0.25) is 5.91 Å². The van der Waals surface area contributed by atoms with Crippen molar-refractivity contribution in [1.29, 1.82) is 0 Å². The van der Waals surface area contributed by atoms with Gasteiger partial charge in [-0.25, -0.2) is 9.67 Å². The van der Waals surface area contributed by atoms with Crippen LogP contribution in [0.2, 0.25) is 5.02 Å². The molecule has 1 amide bonds. The Labute approximate surface area is 180 Å². The van der Waals surface area contributed by atoms with Gasteiger partial charge < -0.3 is 14.8 Å². The van der Waals surface area contributed by atoms with Crippen LogP contribution in [-0.2, 0) is 11.3 Å². The minimum atomic E-state index is -0.370. The van der Waals surface area contributed by atoms with E-state index in [9.17, 15) is 9.59 Å². The number of hydrogen-bond donors (Lipinski definition) is 1. The number of anilines is 1. The number of aromatic nitrogens is 4. The lowest BCUT2D eigenvalue weighted by Gasteiger charge is -2.19. The van der Waals surface area contributed by atoms with Gasteiger partial charge >= 0.3 is 0 Å². The average molecular weight is 438 g/mol. The van der Waals surface area contributed by atoms with E-state index in [0.717, 1.165) is 5.69 Å². The van der Waals surface area contributed by atoms with Crippen LogP contribution in [-0.4, -0.2) is 38.5 Å². The Morgan fingerprint density at radius 2 is 1.87 bits per heavy atom. The molecule has 1 N–H and O–H groups in total. The first-order valence-corrected chi connectivity index (χ1v) is 9.85. The summed E-state index contributed by atoms with van der Waals surface area (Å²) in [4.78, 5) is 29.7. The van der Waals surface area contributed by atoms with Crippen LogP contribution < -0.4 is 20.3 Å². The molecule has 156 valence electrons. The van der Waals surface area contributed by atoms with Crippen molar-refractivity contribution in [2.75, 3.05) is 18.5 Å². The molecule has 0 aliphatic carbocycles. The lowest BCUT2D eigenvalue weighted by Crippen LogP contribution is -2.28. The molecule has 0 saturated carbocycles. The largest absolute Gasteiger partial charge is 0.486 e. The minimum Gasteiger partial charge on any atom is -0.486 e. The maximum atomic E-state index is 12.8. The Hall–Kier alpha value is -3.85. The number of ether oxygens (including phenoxy) is 2. The summed E-state index contributed by atoms with van der Waals surface area (Å²) >= 11 is 5.93. The summed E-state index contributed by atoms with van der Waals surface area (Å²) in [6, 6.07) is 12.2. The Bertz CT molecular complexity index is 1350. The fourth-order valence-electron chi connectivity index (χ4n) is 3.31. The third-order valence-corrected chi connectivity index (χ3v) is 5.02. The molecular formula is C21H16ClN5O4. The monoisotopic (exact) mass is 437 g/mol. The number of rotatable bonds is 4. The Morgan fingerprint density at radius 1 is 1.10 bits per heavy atom. The van der Waals surface area contributed by atoms with E-state index >= 15 is 0 Å². The van der Waals surface area contributed by atoms with E-state index < -0.39 is 0 Å². The summed E-state index contributed by atoms with van der Waals surface area (Å²) in [6.45, 7) is 0.753. The van der Waals surface area contributed by atoms with Gasteiger partial charge in [0.05, 0.1) is 11.9 Å². The number of nitrogens with one attached hydrogen (secondary N) is 1. The van der Waals surface area contributed by atoms with Crippen molar-refractivity contribution in [3.8, 4) is 17.2 Å². The number of hydrogen-bond acceptors (Lipinski definition) is 6. The van der Waals surface area contributed by atoms with Crippen LogP contribution >= 0.6 is 11.6 Å². The van der Waals surface area contributed by atoms with E-state index in [-0.39, 0.29) is 18.0 Å². The zero-order valence-corrected chi connectivity index (χ0v) is 16.9. The summed E-state index contributed by atoms with van der Waals surface area (Å²) in [5.41, 5.74) is 1.31. The first kappa shape index (κ1) is 19.1. The molecule has 10 heteroatoms. The molecule has 0 spiro atoms. The van der Waals surface area contributed by atoms with E-state index in [0.29, 0.717) is 46.5 Å². The summed E-state index contributed by atoms with van der Waals surface area (Å²) in [5.74, 6) is 0.830. The van der Waals surface area contributed by atoms with Gasteiger partial charge in [-0.1, -0.05) is 11.6 Å². The Morgan fingerprint density at radius 3 is 2.68 bits per heavy atom. The van der Waals surface area contributed by atoms with E-state index in [1.54, 1.807) is 47.1 Å². The topological polar surface area (TPSA) is 100 Å². The summed E-state index contributed by atoms with van der Waals surface area (Å²) in [6.07, 6.45) is 2.77. The highest BCUT2D eigenvalue weighted by Crippen LogP contribution is 2.32. The number of nitrogens with zero attached hydrogens (tertiary/aromatic N) is 4. The average Bonchev–Trinajstić information content (AvgIpc) is 3.21. The number of fused-ring (bicyclic) bond motifs is 2. The van der Waals surface area contributed by atoms with Crippen molar-refractivity contribution < 1.29 is 14.3 Å². The molecule has 9 nitrogen and oxygen atoms in total. The molecule has 2 aromatic carbocycles. The molecule has 2 aromatic heterocycles. The standard InChI is InChI=1S/C21H16ClN5O4/c22-13-1-4-15(5-2-13)27-20-16(10-24-27)21(29)26(12-23-20)11-19(28)25-14-3-6-17-18(9-14)31-8-7-30-17/h1-6,9-10,12H,7-8,11H2,(H,25,28). The number of carbonyl (C=O) groups excluding carboxylic acids is 1. The van der Waals surface area contributed by atoms with Crippen LogP contribution in [0.1, 0.15) is 0 Å². The molecule has 0 atom stereocenters. The second-order valence-corrected chi connectivity index (χ2v) is 7.29. The second-order valence-electron chi connectivity index (χ2n) is 6.85. The molecule has 0 saturated heterocycles. The molecule has 31 heavy (non-hydrogen) atoms. The van der Waals surface area contributed by atoms with Gasteiger partial charge in [0.1, 0.15) is 31.5 Å². The van der Waals surface area contributed by atoms with Crippen LogP contribution in [0.5, 0.6) is 11.5 Å². The van der Waals surface area contributed by atoms with Crippen LogP contribution in [0, 0.1) is 0 Å². The number of carbonyl (C=O) groups is 1. The SMILES string of the molecule is O=C(Cn1cnc2c(cnn2-c2ccc(Cl)cc2)c1=O)Nc1ccc2c(c1)OCCO2. The highest BCUT2D eigenvalue weighted by atomic mass is 35.5. The van der Waals surface area contributed by atoms with Gasteiger partial charge in [0.25, 0.3) is 5.56 Å². The summed E-state index contributed by atoms with van der Waals surface area (Å²) in [5, 5.41) is 7.92. The Kier molecular flexibility index (Phi) is 4.79.